The molecule has 0 radical (unpaired) electrons. The van der Waals surface area contributed by atoms with Crippen LogP contribution in [0.5, 0.6) is 11.5 Å². The first-order chi connectivity index (χ1) is 17.0. The van der Waals surface area contributed by atoms with Gasteiger partial charge >= 0.3 is 11.9 Å². The van der Waals surface area contributed by atoms with Gasteiger partial charge in [0.15, 0.2) is 0 Å². The number of hydrogen-bond donors (Lipinski definition) is 0. The van der Waals surface area contributed by atoms with Crippen LogP contribution >= 0.6 is 0 Å². The molecular formula is C29H25NO5. The summed E-state index contributed by atoms with van der Waals surface area (Å²) in [5.74, 6) is -0.243. The Bertz CT molecular complexity index is 1270. The van der Waals surface area contributed by atoms with Gasteiger partial charge in [-0.05, 0) is 67.0 Å². The molecule has 0 amide bonds. The maximum Gasteiger partial charge on any atom is 0.348 e. The molecule has 0 fully saturated rings. The second kappa shape index (κ2) is 12.6. The fraction of sp³-hybridized carbons (Fsp3) is 0.138. The highest BCUT2D eigenvalue weighted by atomic mass is 16.5. The van der Waals surface area contributed by atoms with Gasteiger partial charge in [0.2, 0.25) is 0 Å². The molecule has 0 N–H and O–H groups in total. The highest BCUT2D eigenvalue weighted by Crippen LogP contribution is 2.18. The van der Waals surface area contributed by atoms with Crippen LogP contribution in [-0.4, -0.2) is 18.5 Å². The smallest absolute Gasteiger partial charge is 0.348 e. The summed E-state index contributed by atoms with van der Waals surface area (Å²) in [5, 5.41) is 9.16. The van der Waals surface area contributed by atoms with Gasteiger partial charge < -0.3 is 14.2 Å². The molecule has 0 saturated heterocycles. The first-order valence-electron chi connectivity index (χ1n) is 11.0. The summed E-state index contributed by atoms with van der Waals surface area (Å²) in [6, 6.07) is 23.9. The summed E-state index contributed by atoms with van der Waals surface area (Å²) in [5.41, 5.74) is 3.50. The maximum absolute atomic E-state index is 12.2. The molecule has 3 rings (SSSR count). The Morgan fingerprint density at radius 2 is 1.69 bits per heavy atom. The average molecular weight is 468 g/mol. The molecule has 0 saturated carbocycles. The average Bonchev–Trinajstić information content (AvgIpc) is 2.86. The van der Waals surface area contributed by atoms with E-state index in [2.05, 4.69) is 0 Å². The molecule has 0 aliphatic heterocycles. The van der Waals surface area contributed by atoms with Gasteiger partial charge in [0, 0.05) is 6.08 Å². The zero-order chi connectivity index (χ0) is 25.0. The third-order valence-electron chi connectivity index (χ3n) is 4.82. The SMILES string of the molecule is CCOC(=O)/C(C#N)=C/c1cccc(OC(=O)/C=C/c2ccc(OCc3ccc(C)cc3)cc2)c1. The number of benzene rings is 3. The molecule has 0 aliphatic carbocycles. The van der Waals surface area contributed by atoms with E-state index < -0.39 is 11.9 Å². The molecule has 6 heteroatoms. The second-order valence-electron chi connectivity index (χ2n) is 7.56. The maximum atomic E-state index is 12.2. The van der Waals surface area contributed by atoms with Crippen LogP contribution in [0.2, 0.25) is 0 Å². The third kappa shape index (κ3) is 8.02. The van der Waals surface area contributed by atoms with Crippen LogP contribution in [0.15, 0.2) is 84.4 Å². The van der Waals surface area contributed by atoms with Gasteiger partial charge in [-0.2, -0.15) is 5.26 Å². The Morgan fingerprint density at radius 3 is 2.37 bits per heavy atom. The van der Waals surface area contributed by atoms with Crippen molar-refractivity contribution in [3.8, 4) is 17.6 Å². The molecule has 0 unspecified atom stereocenters. The van der Waals surface area contributed by atoms with Crippen LogP contribution in [0.3, 0.4) is 0 Å². The number of carbonyl (C=O) groups is 2. The van der Waals surface area contributed by atoms with Gasteiger partial charge in [0.05, 0.1) is 6.61 Å². The highest BCUT2D eigenvalue weighted by molar-refractivity contribution is 5.98. The molecule has 0 aliphatic rings. The second-order valence-corrected chi connectivity index (χ2v) is 7.56. The molecule has 0 atom stereocenters. The fourth-order valence-corrected chi connectivity index (χ4v) is 3.02. The van der Waals surface area contributed by atoms with Crippen molar-refractivity contribution in [1.29, 1.82) is 5.26 Å². The van der Waals surface area contributed by atoms with Crippen molar-refractivity contribution in [2.75, 3.05) is 6.61 Å². The molecule has 6 nitrogen and oxygen atoms in total. The number of esters is 2. The van der Waals surface area contributed by atoms with Crippen LogP contribution in [-0.2, 0) is 20.9 Å². The van der Waals surface area contributed by atoms with Crippen LogP contribution in [0.25, 0.3) is 12.2 Å². The number of carbonyl (C=O) groups excluding carboxylic acids is 2. The number of ether oxygens (including phenoxy) is 3. The molecule has 0 bridgehead atoms. The first-order valence-corrected chi connectivity index (χ1v) is 11.0. The Morgan fingerprint density at radius 1 is 0.943 bits per heavy atom. The van der Waals surface area contributed by atoms with E-state index in [1.54, 1.807) is 37.3 Å². The molecule has 0 aromatic heterocycles. The Labute approximate surface area is 204 Å². The predicted molar refractivity (Wildman–Crippen MR) is 133 cm³/mol. The fourth-order valence-electron chi connectivity index (χ4n) is 3.02. The van der Waals surface area contributed by atoms with Crippen molar-refractivity contribution in [2.45, 2.75) is 20.5 Å². The Balaban J connectivity index is 1.56. The van der Waals surface area contributed by atoms with E-state index >= 15 is 0 Å². The lowest BCUT2D eigenvalue weighted by Crippen LogP contribution is -2.06. The lowest BCUT2D eigenvalue weighted by molar-refractivity contribution is -0.138. The number of aryl methyl sites for hydroxylation is 1. The topological polar surface area (TPSA) is 85.6 Å². The van der Waals surface area contributed by atoms with Crippen molar-refractivity contribution < 1.29 is 23.8 Å². The van der Waals surface area contributed by atoms with E-state index in [0.29, 0.717) is 12.2 Å². The van der Waals surface area contributed by atoms with Gasteiger partial charge in [0.1, 0.15) is 29.7 Å². The molecular weight excluding hydrogens is 442 g/mol. The van der Waals surface area contributed by atoms with Crippen molar-refractivity contribution in [2.24, 2.45) is 0 Å². The first kappa shape index (κ1) is 25.0. The lowest BCUT2D eigenvalue weighted by Gasteiger charge is -2.07. The van der Waals surface area contributed by atoms with E-state index in [4.69, 9.17) is 19.5 Å². The van der Waals surface area contributed by atoms with E-state index in [0.717, 1.165) is 16.9 Å². The van der Waals surface area contributed by atoms with E-state index in [9.17, 15) is 9.59 Å². The zero-order valence-electron chi connectivity index (χ0n) is 19.6. The minimum Gasteiger partial charge on any atom is -0.489 e. The van der Waals surface area contributed by atoms with Crippen molar-refractivity contribution >= 4 is 24.1 Å². The Hall–Kier alpha value is -4.63. The van der Waals surface area contributed by atoms with Crippen molar-refractivity contribution in [1.82, 2.24) is 0 Å². The van der Waals surface area contributed by atoms with Crippen molar-refractivity contribution in [3.05, 3.63) is 107 Å². The zero-order valence-corrected chi connectivity index (χ0v) is 19.6. The van der Waals surface area contributed by atoms with E-state index in [-0.39, 0.29) is 17.9 Å². The summed E-state index contributed by atoms with van der Waals surface area (Å²) in [6.45, 7) is 4.35. The third-order valence-corrected chi connectivity index (χ3v) is 4.82. The predicted octanol–water partition coefficient (Wildman–Crippen LogP) is 5.66. The number of hydrogen-bond acceptors (Lipinski definition) is 6. The van der Waals surface area contributed by atoms with Crippen LogP contribution in [0, 0.1) is 18.3 Å². The monoisotopic (exact) mass is 467 g/mol. The highest BCUT2D eigenvalue weighted by Gasteiger charge is 2.10. The summed E-state index contributed by atoms with van der Waals surface area (Å²) in [6.07, 6.45) is 4.35. The number of rotatable bonds is 9. The molecule has 176 valence electrons. The largest absolute Gasteiger partial charge is 0.489 e. The van der Waals surface area contributed by atoms with Crippen molar-refractivity contribution in [3.63, 3.8) is 0 Å². The van der Waals surface area contributed by atoms with E-state index in [1.165, 1.54) is 17.7 Å². The van der Waals surface area contributed by atoms with Crippen LogP contribution < -0.4 is 9.47 Å². The molecule has 3 aromatic carbocycles. The van der Waals surface area contributed by atoms with Gasteiger partial charge in [-0.3, -0.25) is 0 Å². The Kier molecular flexibility index (Phi) is 8.98. The standard InChI is InChI=1S/C29H25NO5/c1-3-33-29(32)25(19-30)17-24-5-4-6-27(18-24)35-28(31)16-13-22-11-14-26(15-12-22)34-20-23-9-7-21(2)8-10-23/h4-18H,3,20H2,1-2H3/b16-13+,25-17+. The van der Waals surface area contributed by atoms with E-state index in [1.807, 2.05) is 61.5 Å². The van der Waals surface area contributed by atoms with Gasteiger partial charge in [-0.1, -0.05) is 54.1 Å². The van der Waals surface area contributed by atoms with Gasteiger partial charge in [-0.15, -0.1) is 0 Å². The minimum atomic E-state index is -0.702. The normalized spacial score (nSPS) is 11.1. The lowest BCUT2D eigenvalue weighted by atomic mass is 10.1. The summed E-state index contributed by atoms with van der Waals surface area (Å²) in [7, 11) is 0. The van der Waals surface area contributed by atoms with Gasteiger partial charge in [0.25, 0.3) is 0 Å². The summed E-state index contributed by atoms with van der Waals surface area (Å²) in [4.78, 5) is 24.0. The quantitative estimate of drug-likeness (QED) is 0.175. The number of nitrogens with zero attached hydrogens (tertiary/aromatic N) is 1. The number of nitriles is 1. The minimum absolute atomic E-state index is 0.137. The molecule has 0 heterocycles. The van der Waals surface area contributed by atoms with Crippen LogP contribution in [0.4, 0.5) is 0 Å². The summed E-state index contributed by atoms with van der Waals surface area (Å²) >= 11 is 0. The van der Waals surface area contributed by atoms with Gasteiger partial charge in [-0.25, -0.2) is 9.59 Å². The molecule has 3 aromatic rings. The molecule has 0 spiro atoms. The molecule has 35 heavy (non-hydrogen) atoms. The summed E-state index contributed by atoms with van der Waals surface area (Å²) < 4.78 is 16.0. The van der Waals surface area contributed by atoms with Crippen LogP contribution in [0.1, 0.15) is 29.2 Å².